The number of hydrogen-bond donors (Lipinski definition) is 1. The average molecular weight is 405 g/mol. The Morgan fingerprint density at radius 2 is 1.70 bits per heavy atom. The summed E-state index contributed by atoms with van der Waals surface area (Å²) in [7, 11) is 0. The number of halogens is 2. The van der Waals surface area contributed by atoms with E-state index in [0.29, 0.717) is 5.95 Å². The van der Waals surface area contributed by atoms with Gasteiger partial charge < -0.3 is 15.4 Å². The number of pyridine rings is 1. The number of rotatable bonds is 4. The minimum absolute atomic E-state index is 0. The Hall–Kier alpha value is -3.00. The standard InChI is InChI=1S/C18H14N6.2ClH.H2O/c1-2-8-20-16(6-1)17-7-9-21-18(23-17)22-14-4-3-5-15(12-14)24-11-10-19-13-24;;;/h1-13H,(H,21,22,23);2*1H;1H2. The van der Waals surface area contributed by atoms with Crippen molar-refractivity contribution in [3.63, 3.8) is 0 Å². The molecule has 0 aliphatic rings. The molecule has 3 aromatic heterocycles. The van der Waals surface area contributed by atoms with Gasteiger partial charge in [-0.2, -0.15) is 0 Å². The maximum Gasteiger partial charge on any atom is 0.227 e. The number of nitrogens with one attached hydrogen (secondary N) is 1. The van der Waals surface area contributed by atoms with Crippen LogP contribution in [0, 0.1) is 0 Å². The summed E-state index contributed by atoms with van der Waals surface area (Å²) in [6, 6.07) is 15.5. The lowest BCUT2D eigenvalue weighted by atomic mass is 10.2. The molecule has 3 heterocycles. The quantitative estimate of drug-likeness (QED) is 0.560. The predicted molar refractivity (Wildman–Crippen MR) is 110 cm³/mol. The third-order valence-electron chi connectivity index (χ3n) is 3.49. The second-order valence-electron chi connectivity index (χ2n) is 5.13. The second kappa shape index (κ2) is 10.2. The normalized spacial score (nSPS) is 9.33. The zero-order valence-electron chi connectivity index (χ0n) is 14.1. The smallest absolute Gasteiger partial charge is 0.227 e. The fraction of sp³-hybridized carbons (Fsp3) is 0. The van der Waals surface area contributed by atoms with Crippen LogP contribution in [0.1, 0.15) is 0 Å². The highest BCUT2D eigenvalue weighted by molar-refractivity contribution is 5.85. The minimum atomic E-state index is 0. The summed E-state index contributed by atoms with van der Waals surface area (Å²) in [6.07, 6.45) is 8.88. The molecule has 0 saturated heterocycles. The number of nitrogens with zero attached hydrogens (tertiary/aromatic N) is 5. The molecule has 0 fully saturated rings. The van der Waals surface area contributed by atoms with Crippen molar-refractivity contribution in [3.05, 3.63) is 79.6 Å². The molecule has 9 heteroatoms. The summed E-state index contributed by atoms with van der Waals surface area (Å²) in [4.78, 5) is 17.2. The van der Waals surface area contributed by atoms with Crippen LogP contribution in [0.4, 0.5) is 11.6 Å². The van der Waals surface area contributed by atoms with Gasteiger partial charge in [0.25, 0.3) is 0 Å². The van der Waals surface area contributed by atoms with Crippen molar-refractivity contribution in [1.29, 1.82) is 0 Å². The molecule has 0 radical (unpaired) electrons. The fourth-order valence-electron chi connectivity index (χ4n) is 2.36. The Kier molecular flexibility index (Phi) is 8.34. The van der Waals surface area contributed by atoms with Crippen LogP contribution in [0.25, 0.3) is 17.1 Å². The first kappa shape index (κ1) is 22.0. The molecule has 0 atom stereocenters. The van der Waals surface area contributed by atoms with Crippen LogP contribution < -0.4 is 5.32 Å². The van der Waals surface area contributed by atoms with Crippen LogP contribution in [0.15, 0.2) is 79.6 Å². The Morgan fingerprint density at radius 1 is 0.815 bits per heavy atom. The van der Waals surface area contributed by atoms with Gasteiger partial charge in [-0.3, -0.25) is 4.98 Å². The maximum absolute atomic E-state index is 4.53. The van der Waals surface area contributed by atoms with Gasteiger partial charge in [0.15, 0.2) is 0 Å². The molecule has 0 amide bonds. The molecule has 3 N–H and O–H groups in total. The van der Waals surface area contributed by atoms with Gasteiger partial charge in [-0.15, -0.1) is 24.8 Å². The van der Waals surface area contributed by atoms with E-state index < -0.39 is 0 Å². The van der Waals surface area contributed by atoms with Gasteiger partial charge in [-0.1, -0.05) is 12.1 Å². The highest BCUT2D eigenvalue weighted by Gasteiger charge is 2.04. The molecule has 0 bridgehead atoms. The Morgan fingerprint density at radius 3 is 2.44 bits per heavy atom. The van der Waals surface area contributed by atoms with E-state index in [1.165, 1.54) is 0 Å². The van der Waals surface area contributed by atoms with Crippen molar-refractivity contribution in [1.82, 2.24) is 24.5 Å². The highest BCUT2D eigenvalue weighted by Crippen LogP contribution is 2.19. The lowest BCUT2D eigenvalue weighted by Gasteiger charge is -2.08. The topological polar surface area (TPSA) is 100 Å². The lowest BCUT2D eigenvalue weighted by Crippen LogP contribution is -1.99. The minimum Gasteiger partial charge on any atom is -0.412 e. The Balaban J connectivity index is 0.00000121. The van der Waals surface area contributed by atoms with Crippen molar-refractivity contribution in [2.24, 2.45) is 0 Å². The molecule has 0 spiro atoms. The predicted octanol–water partition coefficient (Wildman–Crippen LogP) is 3.49. The molecule has 0 saturated carbocycles. The van der Waals surface area contributed by atoms with E-state index in [9.17, 15) is 0 Å². The van der Waals surface area contributed by atoms with Gasteiger partial charge in [0.05, 0.1) is 17.7 Å². The van der Waals surface area contributed by atoms with Crippen molar-refractivity contribution in [2.45, 2.75) is 0 Å². The summed E-state index contributed by atoms with van der Waals surface area (Å²) >= 11 is 0. The van der Waals surface area contributed by atoms with E-state index in [0.717, 1.165) is 22.8 Å². The lowest BCUT2D eigenvalue weighted by molar-refractivity contribution is 0.824. The molecule has 4 aromatic rings. The summed E-state index contributed by atoms with van der Waals surface area (Å²) in [5.74, 6) is 0.529. The molecule has 0 aliphatic carbocycles. The molecule has 27 heavy (non-hydrogen) atoms. The number of aromatic nitrogens is 5. The van der Waals surface area contributed by atoms with Crippen molar-refractivity contribution in [3.8, 4) is 17.1 Å². The fourth-order valence-corrected chi connectivity index (χ4v) is 2.36. The van der Waals surface area contributed by atoms with Crippen LogP contribution in [-0.4, -0.2) is 30.0 Å². The number of anilines is 2. The molecule has 4 rings (SSSR count). The molecule has 0 aliphatic heterocycles. The van der Waals surface area contributed by atoms with Gasteiger partial charge in [0, 0.05) is 36.2 Å². The monoisotopic (exact) mass is 404 g/mol. The van der Waals surface area contributed by atoms with E-state index in [-0.39, 0.29) is 30.3 Å². The van der Waals surface area contributed by atoms with Gasteiger partial charge in [0.1, 0.15) is 0 Å². The molecular formula is C18H18Cl2N6O. The van der Waals surface area contributed by atoms with E-state index in [2.05, 4.69) is 25.3 Å². The van der Waals surface area contributed by atoms with Gasteiger partial charge in [0.2, 0.25) is 5.95 Å². The van der Waals surface area contributed by atoms with Gasteiger partial charge >= 0.3 is 0 Å². The molecular weight excluding hydrogens is 387 g/mol. The maximum atomic E-state index is 4.53. The molecule has 7 nitrogen and oxygen atoms in total. The van der Waals surface area contributed by atoms with Crippen LogP contribution in [0.5, 0.6) is 0 Å². The van der Waals surface area contributed by atoms with E-state index in [1.54, 1.807) is 24.9 Å². The summed E-state index contributed by atoms with van der Waals surface area (Å²) in [5.41, 5.74) is 3.51. The van der Waals surface area contributed by atoms with Gasteiger partial charge in [-0.25, -0.2) is 15.0 Å². The molecule has 1 aromatic carbocycles. The first-order valence-corrected chi connectivity index (χ1v) is 7.48. The zero-order valence-corrected chi connectivity index (χ0v) is 15.7. The van der Waals surface area contributed by atoms with Crippen molar-refractivity contribution < 1.29 is 5.48 Å². The van der Waals surface area contributed by atoms with E-state index >= 15 is 0 Å². The molecule has 140 valence electrons. The SMILES string of the molecule is Cl.Cl.O.c1ccc(-c2ccnc(Nc3cccc(-n4ccnc4)c3)n2)nc1. The highest BCUT2D eigenvalue weighted by atomic mass is 35.5. The van der Waals surface area contributed by atoms with Crippen LogP contribution in [0.3, 0.4) is 0 Å². The van der Waals surface area contributed by atoms with Crippen LogP contribution in [-0.2, 0) is 0 Å². The summed E-state index contributed by atoms with van der Waals surface area (Å²) < 4.78 is 1.94. The Labute approximate surface area is 168 Å². The largest absolute Gasteiger partial charge is 0.412 e. The van der Waals surface area contributed by atoms with E-state index in [1.807, 2.05) is 59.3 Å². The van der Waals surface area contributed by atoms with Gasteiger partial charge in [-0.05, 0) is 36.4 Å². The summed E-state index contributed by atoms with van der Waals surface area (Å²) in [6.45, 7) is 0. The first-order chi connectivity index (χ1) is 11.9. The van der Waals surface area contributed by atoms with Crippen molar-refractivity contribution >= 4 is 36.4 Å². The first-order valence-electron chi connectivity index (χ1n) is 7.48. The second-order valence-corrected chi connectivity index (χ2v) is 5.13. The third-order valence-corrected chi connectivity index (χ3v) is 3.49. The Bertz CT molecular complexity index is 951. The van der Waals surface area contributed by atoms with Crippen LogP contribution in [0.2, 0.25) is 0 Å². The third kappa shape index (κ3) is 5.24. The van der Waals surface area contributed by atoms with E-state index in [4.69, 9.17) is 0 Å². The summed E-state index contributed by atoms with van der Waals surface area (Å²) in [5, 5.41) is 3.23. The zero-order chi connectivity index (χ0) is 16.2. The van der Waals surface area contributed by atoms with Crippen molar-refractivity contribution in [2.75, 3.05) is 5.32 Å². The van der Waals surface area contributed by atoms with Crippen LogP contribution >= 0.6 is 24.8 Å². The number of imidazole rings is 1. The molecule has 0 unspecified atom stereocenters. The average Bonchev–Trinajstić information content (AvgIpc) is 3.18. The number of hydrogen-bond acceptors (Lipinski definition) is 5. The number of benzene rings is 1.